The van der Waals surface area contributed by atoms with E-state index in [0.717, 1.165) is 67.3 Å². The van der Waals surface area contributed by atoms with Crippen LogP contribution in [-0.2, 0) is 0 Å². The Morgan fingerprint density at radius 1 is 0.212 bits per heavy atom. The zero-order valence-electron chi connectivity index (χ0n) is 28.5. The lowest BCUT2D eigenvalue weighted by molar-refractivity contribution is 1.39. The molecular weight excluding hydrogens is 629 g/mol. The molecule has 0 spiro atoms. The van der Waals surface area contributed by atoms with Crippen LogP contribution in [-0.4, -0.2) is 11.4 Å². The standard InChI is InChI=1S/C50H34N2/c1-3-15-35(16-4-1)37-19-11-21-39(31-37)41-23-13-25-43(33-41)49-45-27-7-9-29-47(45)52-50(46-28-8-10-30-48(46)51-49)44-26-14-24-42(34-44)40-22-12-20-38(32-40)36-17-5-2-6-18-36/h1-34H. The maximum absolute atomic E-state index is 5.45. The zero-order valence-corrected chi connectivity index (χ0v) is 28.5. The van der Waals surface area contributed by atoms with Crippen LogP contribution in [0.15, 0.2) is 216 Å². The first-order valence-electron chi connectivity index (χ1n) is 17.7. The highest BCUT2D eigenvalue weighted by molar-refractivity contribution is 6.23. The first-order valence-corrected chi connectivity index (χ1v) is 17.7. The van der Waals surface area contributed by atoms with E-state index in [1.54, 1.807) is 0 Å². The van der Waals surface area contributed by atoms with Gasteiger partial charge in [-0.1, -0.05) is 170 Å². The van der Waals surface area contributed by atoms with Crippen LogP contribution in [0, 0.1) is 0 Å². The average molecular weight is 663 g/mol. The first-order chi connectivity index (χ1) is 25.8. The molecule has 0 saturated carbocycles. The molecule has 1 aliphatic rings. The molecule has 2 heteroatoms. The van der Waals surface area contributed by atoms with Crippen molar-refractivity contribution in [3.8, 4) is 44.5 Å². The first kappa shape index (κ1) is 31.1. The summed E-state index contributed by atoms with van der Waals surface area (Å²) < 4.78 is 0. The Morgan fingerprint density at radius 3 is 0.865 bits per heavy atom. The summed E-state index contributed by atoms with van der Waals surface area (Å²) in [4.78, 5) is 10.9. The summed E-state index contributed by atoms with van der Waals surface area (Å²) in [7, 11) is 0. The van der Waals surface area contributed by atoms with Crippen molar-refractivity contribution < 1.29 is 0 Å². The van der Waals surface area contributed by atoms with E-state index in [1.165, 1.54) is 22.3 Å². The monoisotopic (exact) mass is 662 g/mol. The number of rotatable bonds is 6. The second-order valence-corrected chi connectivity index (χ2v) is 13.0. The van der Waals surface area contributed by atoms with Gasteiger partial charge in [-0.15, -0.1) is 0 Å². The van der Waals surface area contributed by atoms with E-state index in [2.05, 4.69) is 206 Å². The average Bonchev–Trinajstić information content (AvgIpc) is 3.22. The van der Waals surface area contributed by atoms with E-state index in [1.807, 2.05) is 0 Å². The fraction of sp³-hybridized carbons (Fsp3) is 0. The van der Waals surface area contributed by atoms with Gasteiger partial charge < -0.3 is 0 Å². The molecule has 8 aromatic carbocycles. The van der Waals surface area contributed by atoms with Crippen molar-refractivity contribution in [3.63, 3.8) is 0 Å². The van der Waals surface area contributed by atoms with E-state index in [0.29, 0.717) is 0 Å². The van der Waals surface area contributed by atoms with Gasteiger partial charge in [0.25, 0.3) is 0 Å². The maximum atomic E-state index is 5.45. The van der Waals surface area contributed by atoms with Gasteiger partial charge in [0.2, 0.25) is 0 Å². The highest BCUT2D eigenvalue weighted by atomic mass is 14.8. The van der Waals surface area contributed by atoms with Crippen molar-refractivity contribution in [1.82, 2.24) is 0 Å². The van der Waals surface area contributed by atoms with Gasteiger partial charge in [-0.2, -0.15) is 0 Å². The van der Waals surface area contributed by atoms with Gasteiger partial charge in [-0.05, 0) is 80.9 Å². The third-order valence-electron chi connectivity index (χ3n) is 9.66. The summed E-state index contributed by atoms with van der Waals surface area (Å²) in [5.41, 5.74) is 17.1. The number of fused-ring (bicyclic) bond motifs is 2. The summed E-state index contributed by atoms with van der Waals surface area (Å²) >= 11 is 0. The van der Waals surface area contributed by atoms with E-state index in [9.17, 15) is 0 Å². The second kappa shape index (κ2) is 13.8. The summed E-state index contributed by atoms with van der Waals surface area (Å²) in [5, 5.41) is 0. The van der Waals surface area contributed by atoms with Gasteiger partial charge >= 0.3 is 0 Å². The Morgan fingerprint density at radius 2 is 0.481 bits per heavy atom. The van der Waals surface area contributed by atoms with Crippen LogP contribution in [0.1, 0.15) is 22.3 Å². The normalized spacial score (nSPS) is 12.1. The van der Waals surface area contributed by atoms with Gasteiger partial charge in [-0.25, -0.2) is 9.98 Å². The highest BCUT2D eigenvalue weighted by Crippen LogP contribution is 2.36. The number of aliphatic imine (C=N–C) groups is 2. The molecule has 0 unspecified atom stereocenters. The van der Waals surface area contributed by atoms with Gasteiger partial charge in [0, 0.05) is 22.3 Å². The minimum atomic E-state index is 0.888. The minimum absolute atomic E-state index is 0.888. The molecule has 1 heterocycles. The minimum Gasteiger partial charge on any atom is -0.247 e. The second-order valence-electron chi connectivity index (χ2n) is 13.0. The van der Waals surface area contributed by atoms with Crippen molar-refractivity contribution in [2.75, 3.05) is 0 Å². The maximum Gasteiger partial charge on any atom is 0.0803 e. The SMILES string of the molecule is c1ccc(-c2cccc(-c3cccc(C4=Nc5ccccc5C(c5cccc(-c6cccc(-c7ccccc7)c6)c5)=Nc5ccccc54)c3)c2)cc1. The van der Waals surface area contributed by atoms with Crippen LogP contribution in [0.25, 0.3) is 44.5 Å². The summed E-state index contributed by atoms with van der Waals surface area (Å²) in [6.45, 7) is 0. The number of hydrogen-bond acceptors (Lipinski definition) is 2. The van der Waals surface area contributed by atoms with Gasteiger partial charge in [0.1, 0.15) is 0 Å². The molecule has 0 aliphatic carbocycles. The number of para-hydroxylation sites is 2. The lowest BCUT2D eigenvalue weighted by atomic mass is 9.92. The van der Waals surface area contributed by atoms with Crippen LogP contribution >= 0.6 is 0 Å². The molecule has 0 radical (unpaired) electrons. The Bertz CT molecular complexity index is 2430. The zero-order chi connectivity index (χ0) is 34.7. The van der Waals surface area contributed by atoms with Crippen molar-refractivity contribution >= 4 is 22.8 Å². The highest BCUT2D eigenvalue weighted by Gasteiger charge is 2.20. The topological polar surface area (TPSA) is 24.7 Å². The van der Waals surface area contributed by atoms with Gasteiger partial charge in [-0.3, -0.25) is 0 Å². The number of hydrogen-bond donors (Lipinski definition) is 0. The molecule has 0 atom stereocenters. The van der Waals surface area contributed by atoms with Gasteiger partial charge in [0.15, 0.2) is 0 Å². The van der Waals surface area contributed by atoms with Crippen LogP contribution in [0.2, 0.25) is 0 Å². The summed E-state index contributed by atoms with van der Waals surface area (Å²) in [5.74, 6) is 0. The smallest absolute Gasteiger partial charge is 0.0803 e. The van der Waals surface area contributed by atoms with Gasteiger partial charge in [0.05, 0.1) is 22.8 Å². The molecule has 0 saturated heterocycles. The molecule has 8 aromatic rings. The van der Waals surface area contributed by atoms with E-state index >= 15 is 0 Å². The third kappa shape index (κ3) is 6.19. The number of benzene rings is 8. The van der Waals surface area contributed by atoms with Crippen molar-refractivity contribution in [2.24, 2.45) is 9.98 Å². The molecule has 9 rings (SSSR count). The van der Waals surface area contributed by atoms with Crippen molar-refractivity contribution in [3.05, 3.63) is 229 Å². The van der Waals surface area contributed by atoms with Crippen LogP contribution < -0.4 is 0 Å². The van der Waals surface area contributed by atoms with Crippen LogP contribution in [0.5, 0.6) is 0 Å². The van der Waals surface area contributed by atoms with E-state index in [4.69, 9.17) is 9.98 Å². The quantitative estimate of drug-likeness (QED) is 0.169. The Labute approximate surface area is 304 Å². The van der Waals surface area contributed by atoms with E-state index < -0.39 is 0 Å². The lowest BCUT2D eigenvalue weighted by Gasteiger charge is -2.19. The molecule has 0 N–H and O–H groups in total. The Hall–Kier alpha value is -6.90. The third-order valence-corrected chi connectivity index (χ3v) is 9.66. The van der Waals surface area contributed by atoms with Crippen molar-refractivity contribution in [1.29, 1.82) is 0 Å². The largest absolute Gasteiger partial charge is 0.247 e. The Kier molecular flexibility index (Phi) is 8.24. The van der Waals surface area contributed by atoms with Crippen LogP contribution in [0.4, 0.5) is 11.4 Å². The fourth-order valence-corrected chi connectivity index (χ4v) is 7.05. The molecule has 0 amide bonds. The molecule has 0 aromatic heterocycles. The molecule has 0 bridgehead atoms. The molecule has 2 nitrogen and oxygen atoms in total. The molecular formula is C50H34N2. The van der Waals surface area contributed by atoms with E-state index in [-0.39, 0.29) is 0 Å². The predicted molar refractivity (Wildman–Crippen MR) is 218 cm³/mol. The number of nitrogens with zero attached hydrogens (tertiary/aromatic N) is 2. The predicted octanol–water partition coefficient (Wildman–Crippen LogP) is 13.0. The summed E-state index contributed by atoms with van der Waals surface area (Å²) in [6, 6.07) is 72.7. The van der Waals surface area contributed by atoms with Crippen LogP contribution in [0.3, 0.4) is 0 Å². The van der Waals surface area contributed by atoms with Crippen molar-refractivity contribution in [2.45, 2.75) is 0 Å². The lowest BCUT2D eigenvalue weighted by Crippen LogP contribution is -2.10. The molecule has 52 heavy (non-hydrogen) atoms. The molecule has 244 valence electrons. The summed E-state index contributed by atoms with van der Waals surface area (Å²) in [6.07, 6.45) is 0. The Balaban J connectivity index is 1.14. The molecule has 1 aliphatic heterocycles. The molecule has 0 fully saturated rings. The fourth-order valence-electron chi connectivity index (χ4n) is 7.05.